The van der Waals surface area contributed by atoms with Crippen LogP contribution in [0.5, 0.6) is 0 Å². The van der Waals surface area contributed by atoms with Crippen molar-refractivity contribution in [3.05, 3.63) is 71.8 Å². The molecule has 38 heavy (non-hydrogen) atoms. The Balaban J connectivity index is 0.00000135. The Morgan fingerprint density at radius 1 is 0.921 bits per heavy atom. The van der Waals surface area contributed by atoms with Gasteiger partial charge in [0.2, 0.25) is 0 Å². The quantitative estimate of drug-likeness (QED) is 0.416. The summed E-state index contributed by atoms with van der Waals surface area (Å²) in [5, 5.41) is 0. The second kappa shape index (κ2) is 16.6. The normalized spacial score (nSPS) is 18.9. The van der Waals surface area contributed by atoms with E-state index in [4.69, 9.17) is 4.74 Å². The molecule has 0 radical (unpaired) electrons. The largest absolute Gasteiger partial charge is 0.443 e. The van der Waals surface area contributed by atoms with Crippen molar-refractivity contribution >= 4 is 17.8 Å². The molecule has 0 aliphatic carbocycles. The van der Waals surface area contributed by atoms with E-state index in [0.717, 1.165) is 5.56 Å². The molecule has 0 aromatic heterocycles. The molecule has 1 heterocycles. The van der Waals surface area contributed by atoms with Crippen molar-refractivity contribution in [3.8, 4) is 0 Å². The molecule has 0 bridgehead atoms. The second-order valence-electron chi connectivity index (χ2n) is 9.81. The maximum absolute atomic E-state index is 13.2. The van der Waals surface area contributed by atoms with E-state index in [2.05, 4.69) is 13.8 Å². The summed E-state index contributed by atoms with van der Waals surface area (Å²) in [5.74, 6) is -0.342. The van der Waals surface area contributed by atoms with Gasteiger partial charge in [-0.15, -0.1) is 0 Å². The van der Waals surface area contributed by atoms with Crippen molar-refractivity contribution in [2.75, 3.05) is 13.1 Å². The Kier molecular flexibility index (Phi) is 14.4. The molecule has 0 saturated carbocycles. The van der Waals surface area contributed by atoms with Gasteiger partial charge in [-0.05, 0) is 51.3 Å². The van der Waals surface area contributed by atoms with Crippen LogP contribution in [0, 0.1) is 0 Å². The SMILES string of the molecule is CC.CCC.CCC(C)(Cc1ccccc1)OC(=O)N1CC[C@H](C)N(C(=O)c2ccccc2)CC(=O)[C@@H]1C. The molecule has 2 aromatic rings. The van der Waals surface area contributed by atoms with Crippen LogP contribution >= 0.6 is 0 Å². The number of hydrogen-bond acceptors (Lipinski definition) is 4. The highest BCUT2D eigenvalue weighted by atomic mass is 16.6. The lowest BCUT2D eigenvalue weighted by Gasteiger charge is -2.39. The Labute approximate surface area is 230 Å². The molecule has 210 valence electrons. The molecule has 2 amide bonds. The fourth-order valence-corrected chi connectivity index (χ4v) is 4.10. The third-order valence-corrected chi connectivity index (χ3v) is 6.60. The average Bonchev–Trinajstić information content (AvgIpc) is 2.93. The summed E-state index contributed by atoms with van der Waals surface area (Å²) in [6.45, 7) is 16.1. The first kappa shape index (κ1) is 32.9. The second-order valence-corrected chi connectivity index (χ2v) is 9.81. The highest BCUT2D eigenvalue weighted by molar-refractivity contribution is 5.98. The van der Waals surface area contributed by atoms with Gasteiger partial charge >= 0.3 is 6.09 Å². The number of ether oxygens (including phenoxy) is 1. The summed E-state index contributed by atoms with van der Waals surface area (Å²) >= 11 is 0. The van der Waals surface area contributed by atoms with E-state index in [-0.39, 0.29) is 24.3 Å². The van der Waals surface area contributed by atoms with Crippen molar-refractivity contribution in [2.45, 2.75) is 98.8 Å². The lowest BCUT2D eigenvalue weighted by Crippen LogP contribution is -2.55. The van der Waals surface area contributed by atoms with Gasteiger partial charge in [0, 0.05) is 24.6 Å². The third kappa shape index (κ3) is 9.62. The van der Waals surface area contributed by atoms with Crippen LogP contribution < -0.4 is 0 Å². The molecular weight excluding hydrogens is 476 g/mol. The molecule has 1 aliphatic heterocycles. The highest BCUT2D eigenvalue weighted by Gasteiger charge is 2.37. The van der Waals surface area contributed by atoms with Gasteiger partial charge in [0.15, 0.2) is 5.78 Å². The standard InChI is InChI=1S/C27H34N2O4.C3H8.C2H6/c1-5-27(4,18-22-12-8-6-9-13-22)33-26(32)28-17-16-20(2)29(19-24(30)21(28)3)25(31)23-14-10-7-11-15-23;1-3-2;1-2/h6-15,20-21H,5,16-19H2,1-4H3;3H2,1-2H3;1-2H3/t20-,21-,27?;;/m0../s1. The van der Waals surface area contributed by atoms with E-state index < -0.39 is 17.7 Å². The zero-order valence-corrected chi connectivity index (χ0v) is 24.7. The van der Waals surface area contributed by atoms with Crippen LogP contribution in [-0.2, 0) is 16.0 Å². The predicted octanol–water partition coefficient (Wildman–Crippen LogP) is 7.17. The van der Waals surface area contributed by atoms with E-state index >= 15 is 0 Å². The highest BCUT2D eigenvalue weighted by Crippen LogP contribution is 2.25. The topological polar surface area (TPSA) is 66.9 Å². The summed E-state index contributed by atoms with van der Waals surface area (Å²) in [5.41, 5.74) is 0.973. The summed E-state index contributed by atoms with van der Waals surface area (Å²) in [4.78, 5) is 42.4. The van der Waals surface area contributed by atoms with Gasteiger partial charge in [-0.3, -0.25) is 14.5 Å². The molecule has 1 aliphatic rings. The predicted molar refractivity (Wildman–Crippen MR) is 155 cm³/mol. The molecular formula is C32H48N2O4. The van der Waals surface area contributed by atoms with Crippen LogP contribution in [0.25, 0.3) is 0 Å². The Morgan fingerprint density at radius 3 is 1.97 bits per heavy atom. The maximum Gasteiger partial charge on any atom is 0.410 e. The number of rotatable bonds is 5. The zero-order valence-electron chi connectivity index (χ0n) is 24.7. The van der Waals surface area contributed by atoms with Gasteiger partial charge in [-0.1, -0.05) is 89.6 Å². The first-order chi connectivity index (χ1) is 18.2. The average molecular weight is 525 g/mol. The van der Waals surface area contributed by atoms with Crippen LogP contribution in [0.3, 0.4) is 0 Å². The zero-order chi connectivity index (χ0) is 28.7. The number of Topliss-reactive ketones (excluding diaryl/α,β-unsaturated/α-hetero) is 1. The fourth-order valence-electron chi connectivity index (χ4n) is 4.10. The van der Waals surface area contributed by atoms with Crippen LogP contribution in [0.1, 0.15) is 90.6 Å². The van der Waals surface area contributed by atoms with E-state index in [9.17, 15) is 14.4 Å². The van der Waals surface area contributed by atoms with E-state index in [0.29, 0.717) is 31.4 Å². The van der Waals surface area contributed by atoms with Gasteiger partial charge in [0.05, 0.1) is 12.6 Å². The molecule has 1 unspecified atom stereocenters. The third-order valence-electron chi connectivity index (χ3n) is 6.60. The first-order valence-corrected chi connectivity index (χ1v) is 14.1. The fraction of sp³-hybridized carbons (Fsp3) is 0.531. The maximum atomic E-state index is 13.2. The van der Waals surface area contributed by atoms with Crippen LogP contribution in [0.15, 0.2) is 60.7 Å². The van der Waals surface area contributed by atoms with Gasteiger partial charge in [0.1, 0.15) is 5.60 Å². The smallest absolute Gasteiger partial charge is 0.410 e. The van der Waals surface area contributed by atoms with Crippen molar-refractivity contribution in [3.63, 3.8) is 0 Å². The van der Waals surface area contributed by atoms with Crippen molar-refractivity contribution in [1.29, 1.82) is 0 Å². The van der Waals surface area contributed by atoms with Crippen LogP contribution in [-0.4, -0.2) is 58.4 Å². The molecule has 2 aromatic carbocycles. The van der Waals surface area contributed by atoms with Crippen LogP contribution in [0.4, 0.5) is 4.79 Å². The minimum atomic E-state index is -0.676. The van der Waals surface area contributed by atoms with E-state index in [1.165, 1.54) is 11.3 Å². The van der Waals surface area contributed by atoms with E-state index in [1.807, 2.05) is 83.1 Å². The summed E-state index contributed by atoms with van der Waals surface area (Å²) in [6.07, 6.45) is 2.58. The minimum absolute atomic E-state index is 0.0328. The molecule has 6 heteroatoms. The molecule has 0 N–H and O–H groups in total. The Hall–Kier alpha value is -3.15. The molecule has 1 saturated heterocycles. The number of carbonyl (C=O) groups is 3. The Bertz CT molecular complexity index is 979. The van der Waals surface area contributed by atoms with Crippen molar-refractivity contribution < 1.29 is 19.1 Å². The van der Waals surface area contributed by atoms with Crippen LogP contribution in [0.2, 0.25) is 0 Å². The number of ketones is 1. The molecule has 3 rings (SSSR count). The van der Waals surface area contributed by atoms with Crippen molar-refractivity contribution in [2.24, 2.45) is 0 Å². The Morgan fingerprint density at radius 2 is 1.45 bits per heavy atom. The first-order valence-electron chi connectivity index (χ1n) is 14.1. The summed E-state index contributed by atoms with van der Waals surface area (Å²) < 4.78 is 5.98. The summed E-state index contributed by atoms with van der Waals surface area (Å²) in [7, 11) is 0. The number of carbonyl (C=O) groups excluding carboxylic acids is 3. The lowest BCUT2D eigenvalue weighted by atomic mass is 9.94. The van der Waals surface area contributed by atoms with Gasteiger partial charge in [-0.25, -0.2) is 4.79 Å². The number of amides is 2. The van der Waals surface area contributed by atoms with Gasteiger partial charge in [-0.2, -0.15) is 0 Å². The number of hydrogen-bond donors (Lipinski definition) is 0. The number of nitrogens with zero attached hydrogens (tertiary/aromatic N) is 2. The molecule has 0 spiro atoms. The van der Waals surface area contributed by atoms with E-state index in [1.54, 1.807) is 24.0 Å². The van der Waals surface area contributed by atoms with Crippen molar-refractivity contribution in [1.82, 2.24) is 9.80 Å². The molecule has 1 fully saturated rings. The van der Waals surface area contributed by atoms with Gasteiger partial charge < -0.3 is 9.64 Å². The molecule has 6 nitrogen and oxygen atoms in total. The lowest BCUT2D eigenvalue weighted by molar-refractivity contribution is -0.126. The minimum Gasteiger partial charge on any atom is -0.443 e. The van der Waals surface area contributed by atoms with Gasteiger partial charge in [0.25, 0.3) is 5.91 Å². The monoisotopic (exact) mass is 524 g/mol. The summed E-state index contributed by atoms with van der Waals surface area (Å²) in [6, 6.07) is 18.0. The number of benzene rings is 2. The molecule has 3 atom stereocenters.